The molecule has 2 aliphatic rings. The molecule has 0 N–H and O–H groups in total. The first-order valence-electron chi connectivity index (χ1n) is 8.77. The summed E-state index contributed by atoms with van der Waals surface area (Å²) in [6, 6.07) is 8.84. The maximum absolute atomic E-state index is 12.8. The van der Waals surface area contributed by atoms with E-state index in [2.05, 4.69) is 4.98 Å². The number of fused-ring (bicyclic) bond motifs is 1. The fraction of sp³-hybridized carbons (Fsp3) is 0.368. The van der Waals surface area contributed by atoms with Gasteiger partial charge in [-0.15, -0.1) is 0 Å². The minimum atomic E-state index is -4.46. The summed E-state index contributed by atoms with van der Waals surface area (Å²) < 4.78 is 55.2. The molecule has 28 heavy (non-hydrogen) atoms. The van der Waals surface area contributed by atoms with Crippen molar-refractivity contribution in [3.63, 3.8) is 0 Å². The molecule has 1 fully saturated rings. The van der Waals surface area contributed by atoms with Crippen LogP contribution in [0.5, 0.6) is 17.4 Å². The molecule has 1 amide bonds. The highest BCUT2D eigenvalue weighted by Crippen LogP contribution is 2.32. The SMILES string of the molecule is O=C(C1COc2ccccc2O1)N1CCC(Oc2cc(C(F)(F)F)ccn2)C1. The summed E-state index contributed by atoms with van der Waals surface area (Å²) in [5.74, 6) is 0.745. The van der Waals surface area contributed by atoms with E-state index in [-0.39, 0.29) is 24.9 Å². The van der Waals surface area contributed by atoms with Crippen LogP contribution in [-0.2, 0) is 11.0 Å². The van der Waals surface area contributed by atoms with Gasteiger partial charge < -0.3 is 19.1 Å². The summed E-state index contributed by atoms with van der Waals surface area (Å²) >= 11 is 0. The van der Waals surface area contributed by atoms with Gasteiger partial charge in [-0.1, -0.05) is 12.1 Å². The number of aromatic nitrogens is 1. The van der Waals surface area contributed by atoms with Gasteiger partial charge in [-0.2, -0.15) is 13.2 Å². The van der Waals surface area contributed by atoms with Crippen LogP contribution in [0.1, 0.15) is 12.0 Å². The van der Waals surface area contributed by atoms with Crippen molar-refractivity contribution < 1.29 is 32.2 Å². The minimum absolute atomic E-state index is 0.104. The first-order valence-corrected chi connectivity index (χ1v) is 8.77. The summed E-state index contributed by atoms with van der Waals surface area (Å²) in [5, 5.41) is 0. The molecular weight excluding hydrogens is 377 g/mol. The molecule has 2 atom stereocenters. The first kappa shape index (κ1) is 18.4. The third-order valence-corrected chi connectivity index (χ3v) is 4.59. The Morgan fingerprint density at radius 2 is 2.00 bits per heavy atom. The number of nitrogens with zero attached hydrogens (tertiary/aromatic N) is 2. The molecule has 0 radical (unpaired) electrons. The van der Waals surface area contributed by atoms with Crippen LogP contribution in [0.4, 0.5) is 13.2 Å². The van der Waals surface area contributed by atoms with E-state index in [0.717, 1.165) is 18.3 Å². The van der Waals surface area contributed by atoms with E-state index in [9.17, 15) is 18.0 Å². The van der Waals surface area contributed by atoms with Crippen LogP contribution in [0.15, 0.2) is 42.6 Å². The second kappa shape index (κ2) is 7.21. The third kappa shape index (κ3) is 3.83. The Morgan fingerprint density at radius 3 is 2.79 bits per heavy atom. The smallest absolute Gasteiger partial charge is 0.416 e. The van der Waals surface area contributed by atoms with Gasteiger partial charge in [0.05, 0.1) is 12.1 Å². The highest BCUT2D eigenvalue weighted by atomic mass is 19.4. The summed E-state index contributed by atoms with van der Waals surface area (Å²) in [4.78, 5) is 18.1. The number of likely N-dealkylation sites (tertiary alicyclic amines) is 1. The van der Waals surface area contributed by atoms with Gasteiger partial charge in [0.2, 0.25) is 12.0 Å². The van der Waals surface area contributed by atoms with Gasteiger partial charge in [-0.05, 0) is 18.2 Å². The van der Waals surface area contributed by atoms with Crippen molar-refractivity contribution in [3.8, 4) is 17.4 Å². The molecule has 3 heterocycles. The van der Waals surface area contributed by atoms with E-state index in [1.807, 2.05) is 6.07 Å². The highest BCUT2D eigenvalue weighted by molar-refractivity contribution is 5.82. The van der Waals surface area contributed by atoms with Crippen molar-refractivity contribution in [1.82, 2.24) is 9.88 Å². The number of amides is 1. The Labute approximate surface area is 158 Å². The number of hydrogen-bond acceptors (Lipinski definition) is 5. The van der Waals surface area contributed by atoms with Crippen LogP contribution in [0.3, 0.4) is 0 Å². The average Bonchev–Trinajstić information content (AvgIpc) is 3.15. The molecule has 2 aliphatic heterocycles. The molecule has 0 bridgehead atoms. The molecule has 1 saturated heterocycles. The zero-order valence-corrected chi connectivity index (χ0v) is 14.7. The van der Waals surface area contributed by atoms with Gasteiger partial charge in [0, 0.05) is 25.2 Å². The van der Waals surface area contributed by atoms with Crippen molar-refractivity contribution in [3.05, 3.63) is 48.2 Å². The van der Waals surface area contributed by atoms with Gasteiger partial charge in [0.15, 0.2) is 11.5 Å². The maximum Gasteiger partial charge on any atom is 0.416 e. The number of hydrogen-bond donors (Lipinski definition) is 0. The van der Waals surface area contributed by atoms with E-state index in [4.69, 9.17) is 14.2 Å². The van der Waals surface area contributed by atoms with Gasteiger partial charge in [-0.25, -0.2) is 4.98 Å². The molecule has 2 unspecified atom stereocenters. The van der Waals surface area contributed by atoms with Crippen molar-refractivity contribution in [2.45, 2.75) is 24.8 Å². The monoisotopic (exact) mass is 394 g/mol. The van der Waals surface area contributed by atoms with Crippen LogP contribution in [0.2, 0.25) is 0 Å². The highest BCUT2D eigenvalue weighted by Gasteiger charge is 2.36. The van der Waals surface area contributed by atoms with Crippen LogP contribution in [-0.4, -0.2) is 47.7 Å². The lowest BCUT2D eigenvalue weighted by atomic mass is 10.2. The lowest BCUT2D eigenvalue weighted by molar-refractivity contribution is -0.140. The van der Waals surface area contributed by atoms with Gasteiger partial charge in [0.1, 0.15) is 12.7 Å². The van der Waals surface area contributed by atoms with Crippen molar-refractivity contribution in [1.29, 1.82) is 0 Å². The number of alkyl halides is 3. The average molecular weight is 394 g/mol. The predicted octanol–water partition coefficient (Wildman–Crippen LogP) is 2.92. The molecule has 0 saturated carbocycles. The van der Waals surface area contributed by atoms with E-state index >= 15 is 0 Å². The molecule has 1 aromatic heterocycles. The molecule has 4 rings (SSSR count). The van der Waals surface area contributed by atoms with Crippen molar-refractivity contribution in [2.75, 3.05) is 19.7 Å². The number of carbonyl (C=O) groups excluding carboxylic acids is 1. The lowest BCUT2D eigenvalue weighted by Gasteiger charge is -2.28. The summed E-state index contributed by atoms with van der Waals surface area (Å²) in [6.45, 7) is 0.773. The second-order valence-corrected chi connectivity index (χ2v) is 6.56. The zero-order chi connectivity index (χ0) is 19.7. The standard InChI is InChI=1S/C19H17F3N2O4/c20-19(21,22)12-5-7-23-17(9-12)27-13-6-8-24(10-13)18(25)16-11-26-14-3-1-2-4-15(14)28-16/h1-5,7,9,13,16H,6,8,10-11H2. The van der Waals surface area contributed by atoms with Crippen molar-refractivity contribution in [2.24, 2.45) is 0 Å². The fourth-order valence-corrected chi connectivity index (χ4v) is 3.19. The molecule has 0 aliphatic carbocycles. The molecule has 0 spiro atoms. The molecular formula is C19H17F3N2O4. The number of benzene rings is 1. The number of para-hydroxylation sites is 2. The van der Waals surface area contributed by atoms with Gasteiger partial charge >= 0.3 is 6.18 Å². The largest absolute Gasteiger partial charge is 0.485 e. The number of pyridine rings is 1. The second-order valence-electron chi connectivity index (χ2n) is 6.56. The summed E-state index contributed by atoms with van der Waals surface area (Å²) in [7, 11) is 0. The van der Waals surface area contributed by atoms with Crippen LogP contribution < -0.4 is 14.2 Å². The first-order chi connectivity index (χ1) is 13.4. The van der Waals surface area contributed by atoms with Crippen LogP contribution in [0.25, 0.3) is 0 Å². The van der Waals surface area contributed by atoms with E-state index in [1.54, 1.807) is 23.1 Å². The van der Waals surface area contributed by atoms with Crippen LogP contribution in [0, 0.1) is 0 Å². The normalized spacial score (nSPS) is 21.5. The quantitative estimate of drug-likeness (QED) is 0.801. The van der Waals surface area contributed by atoms with Crippen LogP contribution >= 0.6 is 0 Å². The number of ether oxygens (including phenoxy) is 3. The molecule has 9 heteroatoms. The molecule has 6 nitrogen and oxygen atoms in total. The molecule has 1 aromatic carbocycles. The number of carbonyl (C=O) groups is 1. The topological polar surface area (TPSA) is 60.9 Å². The minimum Gasteiger partial charge on any atom is -0.485 e. The fourth-order valence-electron chi connectivity index (χ4n) is 3.19. The van der Waals surface area contributed by atoms with Gasteiger partial charge in [0.25, 0.3) is 5.91 Å². The maximum atomic E-state index is 12.8. The Bertz CT molecular complexity index is 874. The van der Waals surface area contributed by atoms with E-state index in [0.29, 0.717) is 24.5 Å². The van der Waals surface area contributed by atoms with Crippen molar-refractivity contribution >= 4 is 5.91 Å². The zero-order valence-electron chi connectivity index (χ0n) is 14.7. The molecule has 148 valence electrons. The third-order valence-electron chi connectivity index (χ3n) is 4.59. The van der Waals surface area contributed by atoms with E-state index in [1.165, 1.54) is 0 Å². The Morgan fingerprint density at radius 1 is 1.21 bits per heavy atom. The van der Waals surface area contributed by atoms with Gasteiger partial charge in [-0.3, -0.25) is 4.79 Å². The number of rotatable bonds is 3. The molecule has 2 aromatic rings. The summed E-state index contributed by atoms with van der Waals surface area (Å²) in [6.07, 6.45) is -4.11. The Balaban J connectivity index is 1.36. The Kier molecular flexibility index (Phi) is 4.74. The lowest BCUT2D eigenvalue weighted by Crippen LogP contribution is -2.46. The number of halogens is 3. The summed E-state index contributed by atoms with van der Waals surface area (Å²) in [5.41, 5.74) is -0.824. The Hall–Kier alpha value is -2.97. The predicted molar refractivity (Wildman–Crippen MR) is 91.2 cm³/mol. The van der Waals surface area contributed by atoms with E-state index < -0.39 is 23.9 Å².